The van der Waals surface area contributed by atoms with Crippen LogP contribution in [0.3, 0.4) is 0 Å². The normalized spacial score (nSPS) is 10.2. The van der Waals surface area contributed by atoms with Gasteiger partial charge in [0.05, 0.1) is 12.7 Å². The van der Waals surface area contributed by atoms with Crippen molar-refractivity contribution in [3.63, 3.8) is 0 Å². The van der Waals surface area contributed by atoms with Crippen molar-refractivity contribution in [2.45, 2.75) is 6.54 Å². The van der Waals surface area contributed by atoms with Crippen LogP contribution in [-0.4, -0.2) is 23.0 Å². The van der Waals surface area contributed by atoms with Crippen LogP contribution in [-0.2, 0) is 6.54 Å². The van der Waals surface area contributed by atoms with Crippen molar-refractivity contribution >= 4 is 29.1 Å². The first kappa shape index (κ1) is 17.7. The van der Waals surface area contributed by atoms with E-state index in [1.54, 1.807) is 19.2 Å². The smallest absolute Gasteiger partial charge is 0.254 e. The number of amides is 1. The fourth-order valence-electron chi connectivity index (χ4n) is 2.23. The highest BCUT2D eigenvalue weighted by Gasteiger charge is 2.07. The number of nitrogens with zero attached hydrogens (tertiary/aromatic N) is 2. The molecule has 0 aliphatic carbocycles. The summed E-state index contributed by atoms with van der Waals surface area (Å²) in [5.41, 5.74) is 2.14. The lowest BCUT2D eigenvalue weighted by Gasteiger charge is -2.08. The molecule has 2 N–H and O–H groups in total. The number of ether oxygens (including phenoxy) is 1. The van der Waals surface area contributed by atoms with E-state index >= 15 is 0 Å². The molecule has 0 saturated carbocycles. The first-order valence-corrected chi connectivity index (χ1v) is 8.27. The Morgan fingerprint density at radius 2 is 1.85 bits per heavy atom. The highest BCUT2D eigenvalue weighted by molar-refractivity contribution is 6.30. The summed E-state index contributed by atoms with van der Waals surface area (Å²) in [5, 5.41) is 6.54. The van der Waals surface area contributed by atoms with Crippen LogP contribution in [0.25, 0.3) is 0 Å². The van der Waals surface area contributed by atoms with Crippen molar-refractivity contribution in [2.24, 2.45) is 0 Å². The second-order valence-corrected chi connectivity index (χ2v) is 5.90. The molecule has 0 atom stereocenters. The number of halogens is 1. The molecule has 0 bridgehead atoms. The van der Waals surface area contributed by atoms with Gasteiger partial charge in [-0.15, -0.1) is 0 Å². The Kier molecular flexibility index (Phi) is 5.66. The molecule has 1 amide bonds. The van der Waals surface area contributed by atoms with Gasteiger partial charge in [-0.25, -0.2) is 9.97 Å². The molecule has 0 aliphatic rings. The zero-order chi connectivity index (χ0) is 18.4. The predicted molar refractivity (Wildman–Crippen MR) is 101 cm³/mol. The fourth-order valence-corrected chi connectivity index (χ4v) is 2.35. The Morgan fingerprint density at radius 3 is 2.54 bits per heavy atom. The molecule has 2 aromatic carbocycles. The number of rotatable bonds is 6. The molecule has 3 aromatic rings. The van der Waals surface area contributed by atoms with Crippen LogP contribution in [0.5, 0.6) is 5.75 Å². The van der Waals surface area contributed by atoms with E-state index in [2.05, 4.69) is 20.6 Å². The largest absolute Gasteiger partial charge is 0.497 e. The Hall–Kier alpha value is -3.12. The van der Waals surface area contributed by atoms with E-state index in [-0.39, 0.29) is 5.91 Å². The maximum absolute atomic E-state index is 12.2. The molecule has 3 rings (SSSR count). The van der Waals surface area contributed by atoms with E-state index in [9.17, 15) is 4.79 Å². The summed E-state index contributed by atoms with van der Waals surface area (Å²) in [6, 6.07) is 14.7. The number of hydrogen-bond acceptors (Lipinski definition) is 5. The van der Waals surface area contributed by atoms with Gasteiger partial charge < -0.3 is 15.4 Å². The molecule has 0 fully saturated rings. The monoisotopic (exact) mass is 368 g/mol. The minimum atomic E-state index is -0.243. The van der Waals surface area contributed by atoms with Gasteiger partial charge in [0.2, 0.25) is 5.95 Å². The van der Waals surface area contributed by atoms with Crippen molar-refractivity contribution in [3.05, 3.63) is 77.1 Å². The lowest BCUT2D eigenvalue weighted by atomic mass is 10.2. The van der Waals surface area contributed by atoms with Crippen molar-refractivity contribution in [2.75, 3.05) is 12.4 Å². The number of hydrogen-bond donors (Lipinski definition) is 2. The summed E-state index contributed by atoms with van der Waals surface area (Å²) in [7, 11) is 1.60. The standard InChI is InChI=1S/C19H17ClN4O2/c1-26-17-4-2-3-16(9-17)24-19-22-11-14(12-23-19)18(25)21-10-13-5-7-15(20)8-6-13/h2-9,11-12H,10H2,1H3,(H,21,25)(H,22,23,24). The average Bonchev–Trinajstić information content (AvgIpc) is 2.68. The molecular weight excluding hydrogens is 352 g/mol. The van der Waals surface area contributed by atoms with E-state index in [1.807, 2.05) is 36.4 Å². The third kappa shape index (κ3) is 4.70. The Balaban J connectivity index is 1.59. The molecule has 0 spiro atoms. The number of aromatic nitrogens is 2. The first-order chi connectivity index (χ1) is 12.6. The van der Waals surface area contributed by atoms with Gasteiger partial charge in [-0.3, -0.25) is 4.79 Å². The third-order valence-corrected chi connectivity index (χ3v) is 3.86. The van der Waals surface area contributed by atoms with E-state index in [1.165, 1.54) is 12.4 Å². The zero-order valence-electron chi connectivity index (χ0n) is 14.1. The topological polar surface area (TPSA) is 76.1 Å². The second-order valence-electron chi connectivity index (χ2n) is 5.46. The van der Waals surface area contributed by atoms with E-state index in [0.29, 0.717) is 23.1 Å². The van der Waals surface area contributed by atoms with Crippen LogP contribution >= 0.6 is 11.6 Å². The van der Waals surface area contributed by atoms with Gasteiger partial charge in [-0.1, -0.05) is 29.8 Å². The molecule has 1 heterocycles. The minimum Gasteiger partial charge on any atom is -0.497 e. The zero-order valence-corrected chi connectivity index (χ0v) is 14.8. The van der Waals surface area contributed by atoms with Crippen molar-refractivity contribution in [1.29, 1.82) is 0 Å². The van der Waals surface area contributed by atoms with Crippen molar-refractivity contribution in [3.8, 4) is 5.75 Å². The summed E-state index contributed by atoms with van der Waals surface area (Å²) in [6.45, 7) is 0.403. The maximum atomic E-state index is 12.2. The van der Waals surface area contributed by atoms with E-state index in [0.717, 1.165) is 17.0 Å². The molecule has 0 saturated heterocycles. The Labute approximate surface area is 156 Å². The summed E-state index contributed by atoms with van der Waals surface area (Å²) < 4.78 is 5.17. The van der Waals surface area contributed by atoms with Crippen LogP contribution in [0.4, 0.5) is 11.6 Å². The summed E-state index contributed by atoms with van der Waals surface area (Å²) in [4.78, 5) is 20.5. The molecular formula is C19H17ClN4O2. The number of carbonyl (C=O) groups excluding carboxylic acids is 1. The summed E-state index contributed by atoms with van der Waals surface area (Å²) >= 11 is 5.84. The highest BCUT2D eigenvalue weighted by Crippen LogP contribution is 2.19. The summed E-state index contributed by atoms with van der Waals surface area (Å²) in [5.74, 6) is 0.883. The van der Waals surface area contributed by atoms with E-state index < -0.39 is 0 Å². The molecule has 0 aliphatic heterocycles. The average molecular weight is 369 g/mol. The lowest BCUT2D eigenvalue weighted by Crippen LogP contribution is -2.23. The van der Waals surface area contributed by atoms with Crippen LogP contribution in [0.15, 0.2) is 60.9 Å². The van der Waals surface area contributed by atoms with Gasteiger partial charge in [-0.2, -0.15) is 0 Å². The number of benzene rings is 2. The Bertz CT molecular complexity index is 883. The number of methoxy groups -OCH3 is 1. The Morgan fingerprint density at radius 1 is 1.12 bits per heavy atom. The van der Waals surface area contributed by atoms with Gasteiger partial charge in [0, 0.05) is 35.7 Å². The van der Waals surface area contributed by atoms with Gasteiger partial charge in [0.25, 0.3) is 5.91 Å². The molecule has 6 nitrogen and oxygen atoms in total. The number of anilines is 2. The molecule has 26 heavy (non-hydrogen) atoms. The van der Waals surface area contributed by atoms with Gasteiger partial charge in [-0.05, 0) is 29.8 Å². The molecule has 7 heteroatoms. The van der Waals surface area contributed by atoms with Crippen LogP contribution < -0.4 is 15.4 Å². The molecule has 132 valence electrons. The van der Waals surface area contributed by atoms with Crippen LogP contribution in [0.2, 0.25) is 5.02 Å². The fraction of sp³-hybridized carbons (Fsp3) is 0.105. The maximum Gasteiger partial charge on any atom is 0.254 e. The van der Waals surface area contributed by atoms with Crippen molar-refractivity contribution < 1.29 is 9.53 Å². The minimum absolute atomic E-state index is 0.243. The second kappa shape index (κ2) is 8.31. The van der Waals surface area contributed by atoms with Crippen molar-refractivity contribution in [1.82, 2.24) is 15.3 Å². The highest BCUT2D eigenvalue weighted by atomic mass is 35.5. The number of nitrogens with one attached hydrogen (secondary N) is 2. The molecule has 1 aromatic heterocycles. The molecule has 0 radical (unpaired) electrons. The van der Waals surface area contributed by atoms with E-state index in [4.69, 9.17) is 16.3 Å². The lowest BCUT2D eigenvalue weighted by molar-refractivity contribution is 0.0950. The first-order valence-electron chi connectivity index (χ1n) is 7.90. The SMILES string of the molecule is COc1cccc(Nc2ncc(C(=O)NCc3ccc(Cl)cc3)cn2)c1. The molecule has 0 unspecified atom stereocenters. The van der Waals surface area contributed by atoms with Crippen LogP contribution in [0.1, 0.15) is 15.9 Å². The van der Waals surface area contributed by atoms with Gasteiger partial charge in [0.15, 0.2) is 0 Å². The predicted octanol–water partition coefficient (Wildman–Crippen LogP) is 3.81. The summed E-state index contributed by atoms with van der Waals surface area (Å²) in [6.07, 6.45) is 2.96. The quantitative estimate of drug-likeness (QED) is 0.691. The van der Waals surface area contributed by atoms with Gasteiger partial charge >= 0.3 is 0 Å². The third-order valence-electron chi connectivity index (χ3n) is 3.61. The van der Waals surface area contributed by atoms with Gasteiger partial charge in [0.1, 0.15) is 5.75 Å². The number of carbonyl (C=O) groups is 1. The van der Waals surface area contributed by atoms with Crippen LogP contribution in [0, 0.1) is 0 Å².